The lowest BCUT2D eigenvalue weighted by Crippen LogP contribution is -2.49. The highest BCUT2D eigenvalue weighted by molar-refractivity contribution is 7.95. The number of azide groups is 1. The molecule has 0 fully saturated rings. The number of allylic oxidation sites excluding steroid dienone is 2. The first-order valence-electron chi connectivity index (χ1n) is 10.7. The molecule has 1 aliphatic carbocycles. The first-order chi connectivity index (χ1) is 16.4. The Bertz CT molecular complexity index is 905. The number of hydrogen-bond donors (Lipinski definition) is 2. The third-order valence-electron chi connectivity index (χ3n) is 5.35. The molecule has 0 aromatic heterocycles. The number of sulfone groups is 1. The molecule has 0 aliphatic heterocycles. The van der Waals surface area contributed by atoms with Gasteiger partial charge >= 0.3 is 6.18 Å². The van der Waals surface area contributed by atoms with Gasteiger partial charge in [-0.05, 0) is 30.9 Å². The molecule has 1 aliphatic rings. The zero-order chi connectivity index (χ0) is 26.5. The summed E-state index contributed by atoms with van der Waals surface area (Å²) in [4.78, 5) is 14.1. The lowest BCUT2D eigenvalue weighted by Gasteiger charge is -2.39. The molecule has 0 heterocycles. The Labute approximate surface area is 201 Å². The molecule has 0 aromatic rings. The van der Waals surface area contributed by atoms with Gasteiger partial charge in [0.1, 0.15) is 5.41 Å². The summed E-state index contributed by atoms with van der Waals surface area (Å²) in [6, 6.07) is 0. The number of carbonyl (C=O) groups is 1. The summed E-state index contributed by atoms with van der Waals surface area (Å²) in [5.74, 6) is -4.06. The van der Waals surface area contributed by atoms with Crippen molar-refractivity contribution in [3.63, 3.8) is 0 Å². The highest BCUT2D eigenvalue weighted by atomic mass is 32.2. The Morgan fingerprint density at radius 3 is 2.51 bits per heavy atom. The van der Waals surface area contributed by atoms with Crippen molar-refractivity contribution >= 4 is 15.7 Å². The molecule has 0 bridgehead atoms. The van der Waals surface area contributed by atoms with E-state index < -0.39 is 63.0 Å². The molecule has 3 atom stereocenters. The Morgan fingerprint density at radius 1 is 1.29 bits per heavy atom. The van der Waals surface area contributed by atoms with Gasteiger partial charge in [0, 0.05) is 31.8 Å². The number of primary amides is 1. The highest BCUT2D eigenvalue weighted by Crippen LogP contribution is 2.51. The van der Waals surface area contributed by atoms with Crippen molar-refractivity contribution in [3.8, 4) is 0 Å². The minimum atomic E-state index is -4.94. The normalized spacial score (nSPS) is 21.3. The van der Waals surface area contributed by atoms with Gasteiger partial charge in [-0.1, -0.05) is 17.3 Å². The molecule has 0 radical (unpaired) electrons. The van der Waals surface area contributed by atoms with Crippen molar-refractivity contribution < 1.29 is 45.7 Å². The van der Waals surface area contributed by atoms with Gasteiger partial charge in [-0.25, -0.2) is 8.42 Å². The second-order valence-electron chi connectivity index (χ2n) is 7.82. The smallest absolute Gasteiger partial charge is 0.392 e. The topological polar surface area (TPSA) is 174 Å². The van der Waals surface area contributed by atoms with E-state index in [9.17, 15) is 31.5 Å². The number of halogens is 3. The zero-order valence-corrected chi connectivity index (χ0v) is 20.1. The van der Waals surface area contributed by atoms with Gasteiger partial charge < -0.3 is 25.1 Å². The van der Waals surface area contributed by atoms with Crippen LogP contribution in [0.3, 0.4) is 0 Å². The van der Waals surface area contributed by atoms with Crippen LogP contribution < -0.4 is 5.73 Å². The van der Waals surface area contributed by atoms with Gasteiger partial charge in [-0.3, -0.25) is 4.79 Å². The zero-order valence-electron chi connectivity index (χ0n) is 19.3. The van der Waals surface area contributed by atoms with E-state index in [4.69, 9.17) is 25.5 Å². The fraction of sp³-hybridized carbons (Fsp3) is 0.750. The maximum atomic E-state index is 14.2. The number of aliphatic hydroxyl groups excluding tert-OH is 1. The van der Waals surface area contributed by atoms with E-state index in [2.05, 4.69) is 10.0 Å². The van der Waals surface area contributed by atoms with Crippen LogP contribution in [0.5, 0.6) is 0 Å². The van der Waals surface area contributed by atoms with Crippen LogP contribution in [0.2, 0.25) is 0 Å². The van der Waals surface area contributed by atoms with Gasteiger partial charge in [0.05, 0.1) is 42.5 Å². The standard InChI is InChI=1S/C20H31F3N4O7S/c1-32-8-2-3-15(28)14-35(30,31)16-4-5-19(20(21,22)23,17(13-16)18(24)29)6-9-33-11-12-34-10-7-26-27-25/h4-5,13,15,17,28H,2-3,6-12,14H2,1H3,(H2,24,29). The monoisotopic (exact) mass is 528 g/mol. The van der Waals surface area contributed by atoms with E-state index in [-0.39, 0.29) is 32.8 Å². The molecule has 11 nitrogen and oxygen atoms in total. The Hall–Kier alpha value is -2.16. The van der Waals surface area contributed by atoms with E-state index in [0.29, 0.717) is 25.2 Å². The number of methoxy groups -OCH3 is 1. The number of nitrogens with two attached hydrogens (primary N) is 1. The SMILES string of the molecule is COCCCC(O)CS(=O)(=O)C1=CC(C(N)=O)C(CCOCCOCCN=[N+]=[N-])(C(F)(F)F)C=C1. The van der Waals surface area contributed by atoms with Gasteiger partial charge in [0.15, 0.2) is 9.84 Å². The summed E-state index contributed by atoms with van der Waals surface area (Å²) in [6.45, 7) is 0.106. The molecule has 15 heteroatoms. The molecule has 1 amide bonds. The predicted molar refractivity (Wildman–Crippen MR) is 120 cm³/mol. The van der Waals surface area contributed by atoms with Crippen LogP contribution in [0, 0.1) is 11.3 Å². The molecule has 0 saturated heterocycles. The van der Waals surface area contributed by atoms with Crippen molar-refractivity contribution in [2.75, 3.05) is 52.4 Å². The quantitative estimate of drug-likeness (QED) is 0.126. The number of carbonyl (C=O) groups excluding carboxylic acids is 1. The number of aliphatic hydroxyl groups is 1. The number of hydrogen-bond acceptors (Lipinski definition) is 8. The molecule has 3 unspecified atom stereocenters. The minimum Gasteiger partial charge on any atom is -0.392 e. The third-order valence-corrected chi connectivity index (χ3v) is 7.17. The average molecular weight is 529 g/mol. The lowest BCUT2D eigenvalue weighted by molar-refractivity contribution is -0.223. The highest BCUT2D eigenvalue weighted by Gasteiger charge is 2.59. The predicted octanol–water partition coefficient (Wildman–Crippen LogP) is 2.03. The lowest BCUT2D eigenvalue weighted by atomic mass is 9.69. The summed E-state index contributed by atoms with van der Waals surface area (Å²) in [7, 11) is -2.74. The average Bonchev–Trinajstić information content (AvgIpc) is 2.76. The van der Waals surface area contributed by atoms with Gasteiger partial charge in [0.25, 0.3) is 0 Å². The van der Waals surface area contributed by atoms with Gasteiger partial charge in [0.2, 0.25) is 5.91 Å². The van der Waals surface area contributed by atoms with E-state index in [1.54, 1.807) is 0 Å². The first kappa shape index (κ1) is 30.9. The van der Waals surface area contributed by atoms with E-state index in [1.165, 1.54) is 7.11 Å². The van der Waals surface area contributed by atoms with Crippen LogP contribution in [0.25, 0.3) is 10.4 Å². The first-order valence-corrected chi connectivity index (χ1v) is 12.4. The fourth-order valence-electron chi connectivity index (χ4n) is 3.51. The van der Waals surface area contributed by atoms with Crippen LogP contribution >= 0.6 is 0 Å². The van der Waals surface area contributed by atoms with Crippen LogP contribution in [0.4, 0.5) is 13.2 Å². The Kier molecular flexibility index (Phi) is 12.7. The molecular weight excluding hydrogens is 497 g/mol. The van der Waals surface area contributed by atoms with Gasteiger partial charge in [-0.15, -0.1) is 0 Å². The summed E-state index contributed by atoms with van der Waals surface area (Å²) in [5, 5.41) is 13.2. The number of amides is 1. The fourth-order valence-corrected chi connectivity index (χ4v) is 4.99. The number of nitrogens with zero attached hydrogens (tertiary/aromatic N) is 3. The molecule has 0 aromatic carbocycles. The van der Waals surface area contributed by atoms with E-state index in [1.807, 2.05) is 0 Å². The summed E-state index contributed by atoms with van der Waals surface area (Å²) >= 11 is 0. The second-order valence-corrected chi connectivity index (χ2v) is 9.85. The summed E-state index contributed by atoms with van der Waals surface area (Å²) in [5.41, 5.74) is 10.6. The maximum Gasteiger partial charge on any atom is 0.399 e. The largest absolute Gasteiger partial charge is 0.399 e. The maximum absolute atomic E-state index is 14.2. The van der Waals surface area contributed by atoms with E-state index >= 15 is 0 Å². The molecule has 35 heavy (non-hydrogen) atoms. The van der Waals surface area contributed by atoms with Gasteiger partial charge in [-0.2, -0.15) is 13.2 Å². The molecular formula is C20H31F3N4O7S. The number of alkyl halides is 3. The molecule has 3 N–H and O–H groups in total. The van der Waals surface area contributed by atoms with Crippen LogP contribution in [0.15, 0.2) is 28.2 Å². The van der Waals surface area contributed by atoms with Crippen molar-refractivity contribution in [2.45, 2.75) is 31.5 Å². The number of rotatable bonds is 17. The van der Waals surface area contributed by atoms with Crippen LogP contribution in [0.1, 0.15) is 19.3 Å². The summed E-state index contributed by atoms with van der Waals surface area (Å²) in [6.07, 6.45) is -4.26. The van der Waals surface area contributed by atoms with Crippen LogP contribution in [-0.4, -0.2) is 84.2 Å². The Balaban J connectivity index is 2.92. The molecule has 0 saturated carbocycles. The third kappa shape index (κ3) is 9.43. The minimum absolute atomic E-state index is 0.0457. The summed E-state index contributed by atoms with van der Waals surface area (Å²) < 4.78 is 82.9. The van der Waals surface area contributed by atoms with E-state index in [0.717, 1.165) is 6.08 Å². The Morgan fingerprint density at radius 2 is 1.94 bits per heavy atom. The molecule has 0 spiro atoms. The molecule has 200 valence electrons. The van der Waals surface area contributed by atoms with Crippen molar-refractivity contribution in [2.24, 2.45) is 22.2 Å². The van der Waals surface area contributed by atoms with Crippen molar-refractivity contribution in [3.05, 3.63) is 33.6 Å². The molecule has 1 rings (SSSR count). The number of ether oxygens (including phenoxy) is 3. The van der Waals surface area contributed by atoms with Crippen molar-refractivity contribution in [1.82, 2.24) is 0 Å². The van der Waals surface area contributed by atoms with Crippen LogP contribution in [-0.2, 0) is 28.8 Å². The second kappa shape index (κ2) is 14.4. The van der Waals surface area contributed by atoms with Crippen molar-refractivity contribution in [1.29, 1.82) is 0 Å².